The molecule has 20 heteroatoms. The van der Waals surface area contributed by atoms with Crippen LogP contribution in [0.1, 0.15) is 65.7 Å². The summed E-state index contributed by atoms with van der Waals surface area (Å²) < 4.78 is 0. The number of hydrogen-bond acceptors (Lipinski definition) is 13. The number of imide groups is 2. The first-order valence-electron chi connectivity index (χ1n) is 13.5. The quantitative estimate of drug-likeness (QED) is 0.0708. The van der Waals surface area contributed by atoms with Gasteiger partial charge in [-0.2, -0.15) is 5.06 Å². The molecule has 45 heavy (non-hydrogen) atoms. The lowest BCUT2D eigenvalue weighted by Crippen LogP contribution is -2.34. The first-order chi connectivity index (χ1) is 21.1. The fraction of sp³-hybridized carbons (Fsp3) is 0.600. The molecule has 2 aliphatic rings. The lowest BCUT2D eigenvalue weighted by Gasteiger charge is -2.12. The highest BCUT2D eigenvalue weighted by molar-refractivity contribution is 6.03. The van der Waals surface area contributed by atoms with E-state index in [0.717, 1.165) is 0 Å². The number of rotatable bonds is 10. The molecule has 0 unspecified atom stereocenters. The number of nitrogens with two attached hydrogens (primary N) is 1. The molecule has 2 saturated heterocycles. The fourth-order valence-corrected chi connectivity index (χ4v) is 2.64. The summed E-state index contributed by atoms with van der Waals surface area (Å²) in [5, 5.41) is 26.7. The number of hydrogen-bond donors (Lipinski definition) is 7. The number of carbonyl (C=O) groups excluding carboxylic acids is 9. The number of nitrogens with zero attached hydrogens (tertiary/aromatic N) is 2. The zero-order valence-corrected chi connectivity index (χ0v) is 25.9. The highest BCUT2D eigenvalue weighted by Crippen LogP contribution is 2.12. The Morgan fingerprint density at radius 1 is 0.667 bits per heavy atom. The van der Waals surface area contributed by atoms with Crippen molar-refractivity contribution in [2.24, 2.45) is 5.73 Å². The highest BCUT2D eigenvalue weighted by atomic mass is 16.7. The Labute approximate surface area is 259 Å². The zero-order chi connectivity index (χ0) is 35.5. The average Bonchev–Trinajstić information content (AvgIpc) is 3.44. The number of amides is 8. The molecule has 8 N–H and O–H groups in total. The van der Waals surface area contributed by atoms with Gasteiger partial charge in [-0.1, -0.05) is 0 Å². The Morgan fingerprint density at radius 2 is 1.02 bits per heavy atom. The lowest BCUT2D eigenvalue weighted by molar-refractivity contribution is -0.197. The van der Waals surface area contributed by atoms with Gasteiger partial charge in [0.15, 0.2) is 0 Å². The van der Waals surface area contributed by atoms with E-state index in [-0.39, 0.29) is 49.0 Å². The van der Waals surface area contributed by atoms with Crippen LogP contribution in [-0.4, -0.2) is 113 Å². The van der Waals surface area contributed by atoms with Crippen LogP contribution in [0.5, 0.6) is 0 Å². The number of aliphatic carboxylic acids is 1. The molecule has 256 valence electrons. The molecule has 0 aliphatic carbocycles. The predicted molar refractivity (Wildman–Crippen MR) is 152 cm³/mol. The molecular weight excluding hydrogens is 606 g/mol. The third-order valence-corrected chi connectivity index (χ3v) is 4.56. The standard InChI is InChI=1S/C9H12N2O5.C6H12N2O2.C5H9NO3.C4H5NO3.CH5N/c1-2-10-6(12)5-9(15)16-11-7(13)3-4-8(11)14;1-3-8-6(10)4-5(9)7-2;1-2-6-4(7)3-5(8)9;6-3-1-2-4(7)5(3)8;1-2/h2-5H2,1H3,(H,10,12);3-4H2,1-2H3,(H,7,9)(H,8,10);2-3H2,1H3,(H,6,7)(H,8,9);8H,1-2H2;2H2,1H3. The Kier molecular flexibility index (Phi) is 26.3. The molecule has 0 aromatic rings. The third-order valence-electron chi connectivity index (χ3n) is 4.56. The highest BCUT2D eigenvalue weighted by Gasteiger charge is 2.33. The van der Waals surface area contributed by atoms with Gasteiger partial charge in [0.05, 0.1) is 0 Å². The van der Waals surface area contributed by atoms with Crippen molar-refractivity contribution in [1.29, 1.82) is 0 Å². The molecule has 2 fully saturated rings. The summed E-state index contributed by atoms with van der Waals surface area (Å²) in [5.74, 6) is -5.59. The van der Waals surface area contributed by atoms with Crippen LogP contribution in [0.15, 0.2) is 0 Å². The molecule has 0 radical (unpaired) electrons. The summed E-state index contributed by atoms with van der Waals surface area (Å²) in [7, 11) is 3.00. The Hall–Kier alpha value is -4.98. The topological polar surface area (TPSA) is 301 Å². The molecule has 0 aromatic carbocycles. The van der Waals surface area contributed by atoms with Gasteiger partial charge in [-0.3, -0.25) is 48.4 Å². The monoisotopic (exact) mass is 649 g/mol. The van der Waals surface area contributed by atoms with Crippen LogP contribution in [0.2, 0.25) is 0 Å². The van der Waals surface area contributed by atoms with Crippen LogP contribution in [0.25, 0.3) is 0 Å². The number of carbonyl (C=O) groups is 10. The minimum absolute atomic E-state index is 0.0350. The maximum absolute atomic E-state index is 11.1. The van der Waals surface area contributed by atoms with E-state index in [1.807, 2.05) is 6.92 Å². The van der Waals surface area contributed by atoms with E-state index in [9.17, 15) is 47.9 Å². The fourth-order valence-electron chi connectivity index (χ4n) is 2.64. The Balaban J connectivity index is -0.000000534. The second-order valence-corrected chi connectivity index (χ2v) is 8.10. The van der Waals surface area contributed by atoms with Crippen molar-refractivity contribution in [3.63, 3.8) is 0 Å². The van der Waals surface area contributed by atoms with Gasteiger partial charge in [0.1, 0.15) is 19.3 Å². The SMILES string of the molecule is CCNC(=O)CC(=O)NC.CCNC(=O)CC(=O)O.CCNC(=O)CC(=O)ON1C(=O)CCC1=O.CN.O=C1CCC(=O)N1O. The Morgan fingerprint density at radius 3 is 1.33 bits per heavy atom. The normalized spacial score (nSPS) is 12.8. The van der Waals surface area contributed by atoms with E-state index in [1.54, 1.807) is 13.8 Å². The summed E-state index contributed by atoms with van der Waals surface area (Å²) in [6.07, 6.45) is -0.658. The molecule has 2 heterocycles. The zero-order valence-electron chi connectivity index (χ0n) is 25.9. The maximum atomic E-state index is 11.1. The molecule has 0 atom stereocenters. The van der Waals surface area contributed by atoms with E-state index in [0.29, 0.717) is 24.7 Å². The van der Waals surface area contributed by atoms with Gasteiger partial charge in [0.25, 0.3) is 23.6 Å². The smallest absolute Gasteiger partial charge is 0.342 e. The van der Waals surface area contributed by atoms with Crippen LogP contribution < -0.4 is 27.0 Å². The second kappa shape index (κ2) is 26.6. The van der Waals surface area contributed by atoms with Crippen LogP contribution in [0, 0.1) is 0 Å². The molecule has 20 nitrogen and oxygen atoms in total. The molecule has 2 rings (SSSR count). The number of carboxylic acids is 1. The predicted octanol–water partition coefficient (Wildman–Crippen LogP) is -2.92. The maximum Gasteiger partial charge on any atom is 0.342 e. The van der Waals surface area contributed by atoms with E-state index in [4.69, 9.17) is 10.3 Å². The van der Waals surface area contributed by atoms with Crippen molar-refractivity contribution in [1.82, 2.24) is 31.4 Å². The molecule has 0 aromatic heterocycles. The summed E-state index contributed by atoms with van der Waals surface area (Å²) >= 11 is 0. The first-order valence-corrected chi connectivity index (χ1v) is 13.5. The molecule has 8 amide bonds. The number of hydroxylamine groups is 4. The van der Waals surface area contributed by atoms with Crippen molar-refractivity contribution >= 4 is 59.2 Å². The lowest BCUT2D eigenvalue weighted by atomic mass is 10.4. The van der Waals surface area contributed by atoms with E-state index in [1.165, 1.54) is 14.1 Å². The van der Waals surface area contributed by atoms with Gasteiger partial charge in [0, 0.05) is 52.4 Å². The van der Waals surface area contributed by atoms with E-state index < -0.39 is 60.2 Å². The largest absolute Gasteiger partial charge is 0.481 e. The van der Waals surface area contributed by atoms with Gasteiger partial charge < -0.3 is 36.9 Å². The van der Waals surface area contributed by atoms with Crippen LogP contribution in [0.4, 0.5) is 0 Å². The van der Waals surface area contributed by atoms with Crippen LogP contribution in [0.3, 0.4) is 0 Å². The van der Waals surface area contributed by atoms with E-state index in [2.05, 4.69) is 31.8 Å². The van der Waals surface area contributed by atoms with Crippen LogP contribution in [-0.2, 0) is 52.8 Å². The second-order valence-electron chi connectivity index (χ2n) is 8.10. The van der Waals surface area contributed by atoms with Crippen molar-refractivity contribution in [3.05, 3.63) is 0 Å². The summed E-state index contributed by atoms with van der Waals surface area (Å²) in [4.78, 5) is 111. The number of nitrogens with one attached hydrogen (secondary N) is 4. The van der Waals surface area contributed by atoms with Crippen molar-refractivity contribution in [2.75, 3.05) is 33.7 Å². The van der Waals surface area contributed by atoms with E-state index >= 15 is 0 Å². The molecule has 0 bridgehead atoms. The molecule has 0 saturated carbocycles. The third kappa shape index (κ3) is 23.2. The van der Waals surface area contributed by atoms with Crippen molar-refractivity contribution in [3.8, 4) is 0 Å². The summed E-state index contributed by atoms with van der Waals surface area (Å²) in [6.45, 7) is 6.69. The van der Waals surface area contributed by atoms with Gasteiger partial charge in [-0.05, 0) is 27.8 Å². The molecular formula is C25H43N7O13. The van der Waals surface area contributed by atoms with Crippen molar-refractivity contribution in [2.45, 2.75) is 65.7 Å². The Bertz CT molecular complexity index is 1020. The van der Waals surface area contributed by atoms with Gasteiger partial charge in [-0.15, -0.1) is 5.06 Å². The number of carboxylic acid groups (broad SMARTS) is 1. The average molecular weight is 650 g/mol. The minimum atomic E-state index is -1.10. The molecule has 0 spiro atoms. The van der Waals surface area contributed by atoms with Gasteiger partial charge in [-0.25, -0.2) is 4.79 Å². The molecule has 2 aliphatic heterocycles. The summed E-state index contributed by atoms with van der Waals surface area (Å²) in [5.41, 5.74) is 4.50. The first kappa shape index (κ1) is 44.5. The van der Waals surface area contributed by atoms with Gasteiger partial charge in [0.2, 0.25) is 23.6 Å². The van der Waals surface area contributed by atoms with Crippen molar-refractivity contribution < 1.29 is 63.1 Å². The van der Waals surface area contributed by atoms with Crippen LogP contribution >= 0.6 is 0 Å². The van der Waals surface area contributed by atoms with Gasteiger partial charge >= 0.3 is 11.9 Å². The summed E-state index contributed by atoms with van der Waals surface area (Å²) in [6, 6.07) is 0. The minimum Gasteiger partial charge on any atom is -0.481 e.